The predicted molar refractivity (Wildman–Crippen MR) is 105 cm³/mol. The summed E-state index contributed by atoms with van der Waals surface area (Å²) in [5.41, 5.74) is 9.24. The Bertz CT molecular complexity index is 943. The largest absolute Gasteiger partial charge is 0.385 e. The lowest BCUT2D eigenvalue weighted by Gasteiger charge is -2.11. The van der Waals surface area contributed by atoms with Crippen molar-refractivity contribution in [1.29, 1.82) is 0 Å². The number of hydrogen-bond donors (Lipinski definition) is 1. The fraction of sp³-hybridized carbons (Fsp3) is 0.316. The number of nitrogens with zero attached hydrogens (tertiary/aromatic N) is 1. The molecule has 0 aliphatic carbocycles. The topological polar surface area (TPSA) is 57.2 Å². The summed E-state index contributed by atoms with van der Waals surface area (Å²) in [5, 5.41) is 1.87. The Hall–Kier alpha value is -1.82. The van der Waals surface area contributed by atoms with Gasteiger partial charge in [0.05, 0.1) is 16.1 Å². The van der Waals surface area contributed by atoms with Crippen molar-refractivity contribution in [2.24, 2.45) is 5.73 Å². The number of aromatic nitrogens is 1. The Morgan fingerprint density at radius 3 is 2.76 bits per heavy atom. The number of fused-ring (bicyclic) bond motifs is 1. The van der Waals surface area contributed by atoms with Crippen molar-refractivity contribution in [2.75, 3.05) is 13.7 Å². The van der Waals surface area contributed by atoms with Gasteiger partial charge in [-0.2, -0.15) is 0 Å². The van der Waals surface area contributed by atoms with E-state index in [4.69, 9.17) is 22.1 Å². The number of nitrogens with two attached hydrogens (primary N) is 1. The Labute approximate surface area is 156 Å². The normalized spacial score (nSPS) is 11.4. The highest BCUT2D eigenvalue weighted by molar-refractivity contribution is 7.22. The molecule has 0 fully saturated rings. The quantitative estimate of drug-likeness (QED) is 0.629. The smallest absolute Gasteiger partial charge is 0.250 e. The number of carbonyl (C=O) groups is 1. The van der Waals surface area contributed by atoms with Crippen LogP contribution in [0.25, 0.3) is 20.7 Å². The van der Waals surface area contributed by atoms with Gasteiger partial charge in [0.25, 0.3) is 5.91 Å². The summed E-state index contributed by atoms with van der Waals surface area (Å²) in [7, 11) is 1.69. The van der Waals surface area contributed by atoms with Gasteiger partial charge in [-0.05, 0) is 55.5 Å². The first kappa shape index (κ1) is 18.0. The van der Waals surface area contributed by atoms with Gasteiger partial charge in [0.15, 0.2) is 0 Å². The van der Waals surface area contributed by atoms with Crippen molar-refractivity contribution in [2.45, 2.75) is 26.8 Å². The Kier molecular flexibility index (Phi) is 5.18. The fourth-order valence-corrected chi connectivity index (χ4v) is 4.56. The molecular weight excluding hydrogens is 356 g/mol. The van der Waals surface area contributed by atoms with E-state index >= 15 is 0 Å². The van der Waals surface area contributed by atoms with E-state index in [1.165, 1.54) is 10.3 Å². The molecule has 0 aliphatic heterocycles. The summed E-state index contributed by atoms with van der Waals surface area (Å²) in [6.45, 7) is 5.48. The third kappa shape index (κ3) is 3.32. The second-order valence-electron chi connectivity index (χ2n) is 6.09. The van der Waals surface area contributed by atoms with Crippen molar-refractivity contribution in [3.63, 3.8) is 0 Å². The summed E-state index contributed by atoms with van der Waals surface area (Å²) in [6, 6.07) is 7.84. The minimum atomic E-state index is -0.397. The molecule has 0 spiro atoms. The number of ether oxygens (including phenoxy) is 1. The van der Waals surface area contributed by atoms with Gasteiger partial charge in [-0.3, -0.25) is 4.79 Å². The van der Waals surface area contributed by atoms with Gasteiger partial charge in [-0.25, -0.2) is 0 Å². The van der Waals surface area contributed by atoms with E-state index in [1.54, 1.807) is 18.4 Å². The Morgan fingerprint density at radius 1 is 1.32 bits per heavy atom. The van der Waals surface area contributed by atoms with Gasteiger partial charge in [-0.1, -0.05) is 11.6 Å². The van der Waals surface area contributed by atoms with Crippen LogP contribution in [0.2, 0.25) is 5.02 Å². The van der Waals surface area contributed by atoms with Gasteiger partial charge >= 0.3 is 0 Å². The maximum absolute atomic E-state index is 11.8. The molecule has 0 aliphatic rings. The zero-order valence-corrected chi connectivity index (χ0v) is 16.1. The molecule has 1 aromatic carbocycles. The first-order valence-corrected chi connectivity index (χ1v) is 9.31. The second-order valence-corrected chi connectivity index (χ2v) is 7.58. The average molecular weight is 377 g/mol. The first-order valence-electron chi connectivity index (χ1n) is 8.12. The third-order valence-corrected chi connectivity index (χ3v) is 6.02. The minimum absolute atomic E-state index is 0.397. The van der Waals surface area contributed by atoms with E-state index < -0.39 is 5.91 Å². The zero-order chi connectivity index (χ0) is 18.1. The summed E-state index contributed by atoms with van der Waals surface area (Å²) in [5.74, 6) is -0.397. The van der Waals surface area contributed by atoms with Gasteiger partial charge in [0, 0.05) is 35.7 Å². The molecule has 2 aromatic heterocycles. The van der Waals surface area contributed by atoms with Crippen LogP contribution in [0.5, 0.6) is 0 Å². The number of halogens is 1. The number of benzene rings is 1. The summed E-state index contributed by atoms with van der Waals surface area (Å²) >= 11 is 7.87. The van der Waals surface area contributed by atoms with Crippen molar-refractivity contribution < 1.29 is 9.53 Å². The molecule has 0 atom stereocenters. The molecule has 0 unspecified atom stereocenters. The lowest BCUT2D eigenvalue weighted by molar-refractivity contribution is 0.0999. The van der Waals surface area contributed by atoms with E-state index in [9.17, 15) is 4.79 Å². The number of amides is 1. The summed E-state index contributed by atoms with van der Waals surface area (Å²) in [4.78, 5) is 13.0. The number of thiophene rings is 1. The average Bonchev–Trinajstić information content (AvgIpc) is 3.06. The maximum atomic E-state index is 11.8. The van der Waals surface area contributed by atoms with Crippen LogP contribution in [0, 0.1) is 13.8 Å². The number of hydrogen-bond acceptors (Lipinski definition) is 3. The zero-order valence-electron chi connectivity index (χ0n) is 14.6. The molecule has 1 amide bonds. The van der Waals surface area contributed by atoms with Crippen LogP contribution in [0.3, 0.4) is 0 Å². The van der Waals surface area contributed by atoms with Gasteiger partial charge in [0.1, 0.15) is 0 Å². The molecule has 6 heteroatoms. The molecule has 3 rings (SSSR count). The monoisotopic (exact) mass is 376 g/mol. The van der Waals surface area contributed by atoms with Crippen LogP contribution < -0.4 is 5.73 Å². The van der Waals surface area contributed by atoms with Crippen molar-refractivity contribution >= 4 is 38.9 Å². The maximum Gasteiger partial charge on any atom is 0.250 e. The van der Waals surface area contributed by atoms with Gasteiger partial charge in [-0.15, -0.1) is 11.3 Å². The van der Waals surface area contributed by atoms with E-state index in [0.717, 1.165) is 39.6 Å². The molecule has 2 heterocycles. The number of primary amides is 1. The van der Waals surface area contributed by atoms with Crippen LogP contribution in [-0.2, 0) is 11.3 Å². The molecular formula is C19H21ClN2O2S. The second kappa shape index (κ2) is 7.20. The Balaban J connectivity index is 2.17. The molecule has 3 aromatic rings. The molecule has 0 saturated heterocycles. The molecule has 4 nitrogen and oxygen atoms in total. The van der Waals surface area contributed by atoms with Crippen LogP contribution in [0.15, 0.2) is 24.3 Å². The summed E-state index contributed by atoms with van der Waals surface area (Å²) in [6.07, 6.45) is 0.868. The predicted octanol–water partition coefficient (Wildman–Crippen LogP) is 4.78. The fourth-order valence-electron chi connectivity index (χ4n) is 3.18. The van der Waals surface area contributed by atoms with E-state index in [2.05, 4.69) is 11.5 Å². The van der Waals surface area contributed by atoms with Crippen LogP contribution in [0.1, 0.15) is 28.0 Å². The number of aryl methyl sites for hydroxylation is 1. The standard InChI is InChI=1S/C19H21ClN2O2S/c1-11-14-9-13(20)5-6-17(14)25-18(11)16-10-15(19(21)23)12(2)22(16)7-4-8-24-3/h5-6,9-10H,4,7-8H2,1-3H3,(H2,21,23). The van der Waals surface area contributed by atoms with Crippen LogP contribution in [0.4, 0.5) is 0 Å². The highest BCUT2D eigenvalue weighted by atomic mass is 35.5. The van der Waals surface area contributed by atoms with Crippen molar-refractivity contribution in [3.05, 3.63) is 46.1 Å². The van der Waals surface area contributed by atoms with Crippen molar-refractivity contribution in [1.82, 2.24) is 4.57 Å². The SMILES string of the molecule is COCCCn1c(-c2sc3ccc(Cl)cc3c2C)cc(C(N)=O)c1C. The van der Waals surface area contributed by atoms with Gasteiger partial charge in [0.2, 0.25) is 0 Å². The van der Waals surface area contributed by atoms with Gasteiger partial charge < -0.3 is 15.0 Å². The Morgan fingerprint density at radius 2 is 2.08 bits per heavy atom. The number of rotatable bonds is 6. The van der Waals surface area contributed by atoms with E-state index in [1.807, 2.05) is 31.2 Å². The highest BCUT2D eigenvalue weighted by Gasteiger charge is 2.20. The molecule has 0 bridgehead atoms. The molecule has 0 radical (unpaired) electrons. The van der Waals surface area contributed by atoms with Crippen molar-refractivity contribution in [3.8, 4) is 10.6 Å². The summed E-state index contributed by atoms with van der Waals surface area (Å²) < 4.78 is 8.52. The lowest BCUT2D eigenvalue weighted by atomic mass is 10.1. The molecule has 0 saturated carbocycles. The first-order chi connectivity index (χ1) is 11.9. The third-order valence-electron chi connectivity index (χ3n) is 4.49. The molecule has 25 heavy (non-hydrogen) atoms. The lowest BCUT2D eigenvalue weighted by Crippen LogP contribution is -2.13. The van der Waals surface area contributed by atoms with E-state index in [-0.39, 0.29) is 0 Å². The minimum Gasteiger partial charge on any atom is -0.385 e. The molecule has 2 N–H and O–H groups in total. The number of carbonyl (C=O) groups excluding carboxylic acids is 1. The van der Waals surface area contributed by atoms with Crippen LogP contribution >= 0.6 is 22.9 Å². The van der Waals surface area contributed by atoms with Crippen LogP contribution in [-0.4, -0.2) is 24.2 Å². The molecule has 132 valence electrons. The van der Waals surface area contributed by atoms with E-state index in [0.29, 0.717) is 12.2 Å². The number of methoxy groups -OCH3 is 1. The highest BCUT2D eigenvalue weighted by Crippen LogP contribution is 2.40.